The highest BCUT2D eigenvalue weighted by Crippen LogP contribution is 2.30. The Bertz CT molecular complexity index is 529. The summed E-state index contributed by atoms with van der Waals surface area (Å²) in [7, 11) is 1.84. The Labute approximate surface area is 104 Å². The van der Waals surface area contributed by atoms with Crippen LogP contribution in [-0.2, 0) is 11.8 Å². The van der Waals surface area contributed by atoms with Crippen molar-refractivity contribution in [2.45, 2.75) is 18.9 Å². The topological polar surface area (TPSA) is 50.2 Å². The molecule has 5 nitrogen and oxygen atoms in total. The minimum Gasteiger partial charge on any atom is -0.328 e. The maximum absolute atomic E-state index is 12.1. The monoisotopic (exact) mass is 248 g/mol. The number of rotatable bonds is 2. The molecule has 6 heteroatoms. The Morgan fingerprint density at radius 2 is 2.35 bits per heavy atom. The molecule has 2 heterocycles. The third-order valence-corrected chi connectivity index (χ3v) is 3.16. The first-order chi connectivity index (χ1) is 8.15. The van der Waals surface area contributed by atoms with E-state index in [0.717, 1.165) is 18.4 Å². The summed E-state index contributed by atoms with van der Waals surface area (Å²) in [5.41, 5.74) is 1.43. The van der Waals surface area contributed by atoms with Crippen LogP contribution in [0, 0.1) is 0 Å². The van der Waals surface area contributed by atoms with Crippen LogP contribution >= 0.6 is 12.2 Å². The van der Waals surface area contributed by atoms with Crippen LogP contribution in [0.15, 0.2) is 18.1 Å². The van der Waals surface area contributed by atoms with Gasteiger partial charge in [-0.05, 0) is 31.1 Å². The van der Waals surface area contributed by atoms with Crippen molar-refractivity contribution in [2.75, 3.05) is 0 Å². The van der Waals surface area contributed by atoms with Crippen LogP contribution in [0.2, 0.25) is 0 Å². The number of nitrogens with one attached hydrogen (secondary N) is 1. The molecule has 3 rings (SSSR count). The predicted octanol–water partition coefficient (Wildman–Crippen LogP) is 0.640. The molecule has 0 radical (unpaired) electrons. The second-order valence-corrected chi connectivity index (χ2v) is 4.73. The second kappa shape index (κ2) is 3.66. The number of carbonyl (C=O) groups is 1. The van der Waals surface area contributed by atoms with Crippen LogP contribution in [0.5, 0.6) is 0 Å². The van der Waals surface area contributed by atoms with E-state index in [1.807, 2.05) is 13.2 Å². The highest BCUT2D eigenvalue weighted by Gasteiger charge is 2.41. The fraction of sp³-hybridized carbons (Fsp3) is 0.364. The molecule has 0 atom stereocenters. The number of aromatic nitrogens is 2. The molecule has 1 amide bonds. The summed E-state index contributed by atoms with van der Waals surface area (Å²) in [5, 5.41) is 7.54. The molecule has 0 spiro atoms. The van der Waals surface area contributed by atoms with Gasteiger partial charge in [0, 0.05) is 24.8 Å². The van der Waals surface area contributed by atoms with Gasteiger partial charge in [-0.1, -0.05) is 0 Å². The summed E-state index contributed by atoms with van der Waals surface area (Å²) in [4.78, 5) is 13.8. The Morgan fingerprint density at radius 1 is 1.59 bits per heavy atom. The largest absolute Gasteiger partial charge is 0.328 e. The quantitative estimate of drug-likeness (QED) is 0.616. The normalized spacial score (nSPS) is 22.4. The van der Waals surface area contributed by atoms with Crippen LogP contribution in [0.3, 0.4) is 0 Å². The molecule has 1 aromatic heterocycles. The molecule has 0 unspecified atom stereocenters. The van der Waals surface area contributed by atoms with Gasteiger partial charge >= 0.3 is 0 Å². The average molecular weight is 248 g/mol. The molecule has 0 bridgehead atoms. The number of carbonyl (C=O) groups excluding carboxylic acids is 1. The number of thiocarbonyl (C=S) groups is 1. The molecule has 1 aromatic rings. The summed E-state index contributed by atoms with van der Waals surface area (Å²) >= 11 is 5.16. The standard InChI is InChI=1S/C11H12N4OS/c1-14-6-7(5-12-14)4-9-10(16)15(8-2-3-8)11(17)13-9/h4-6,8H,2-3H2,1H3,(H,13,17). The Balaban J connectivity index is 1.87. The van der Waals surface area contributed by atoms with E-state index in [1.165, 1.54) is 0 Å². The summed E-state index contributed by atoms with van der Waals surface area (Å²) in [6.45, 7) is 0. The zero-order valence-electron chi connectivity index (χ0n) is 9.38. The minimum atomic E-state index is -0.0265. The molecule has 1 saturated carbocycles. The van der Waals surface area contributed by atoms with Gasteiger partial charge in [0.2, 0.25) is 0 Å². The maximum Gasteiger partial charge on any atom is 0.276 e. The van der Waals surface area contributed by atoms with Gasteiger partial charge in [0.15, 0.2) is 5.11 Å². The van der Waals surface area contributed by atoms with Crippen LogP contribution in [0.4, 0.5) is 0 Å². The molecule has 2 aliphatic rings. The van der Waals surface area contributed by atoms with Crippen LogP contribution in [0.25, 0.3) is 6.08 Å². The second-order valence-electron chi connectivity index (χ2n) is 4.34. The zero-order chi connectivity index (χ0) is 12.0. The van der Waals surface area contributed by atoms with E-state index in [1.54, 1.807) is 21.9 Å². The number of aryl methyl sites for hydroxylation is 1. The number of hydrogen-bond donors (Lipinski definition) is 1. The number of nitrogens with zero attached hydrogens (tertiary/aromatic N) is 3. The van der Waals surface area contributed by atoms with Gasteiger partial charge in [-0.2, -0.15) is 5.10 Å². The summed E-state index contributed by atoms with van der Waals surface area (Å²) in [5.74, 6) is -0.0265. The maximum atomic E-state index is 12.1. The summed E-state index contributed by atoms with van der Waals surface area (Å²) < 4.78 is 1.70. The molecule has 1 aliphatic carbocycles. The molecule has 88 valence electrons. The van der Waals surface area contributed by atoms with E-state index >= 15 is 0 Å². The molecule has 1 aliphatic heterocycles. The minimum absolute atomic E-state index is 0.0265. The molecule has 0 aromatic carbocycles. The van der Waals surface area contributed by atoms with Crippen molar-refractivity contribution in [3.05, 3.63) is 23.7 Å². The van der Waals surface area contributed by atoms with Crippen molar-refractivity contribution < 1.29 is 4.79 Å². The summed E-state index contributed by atoms with van der Waals surface area (Å²) in [6.07, 6.45) is 7.45. The van der Waals surface area contributed by atoms with Crippen LogP contribution in [-0.4, -0.2) is 31.7 Å². The number of amides is 1. The molecular formula is C11H12N4OS. The molecule has 2 fully saturated rings. The first-order valence-corrected chi connectivity index (χ1v) is 5.91. The van der Waals surface area contributed by atoms with Gasteiger partial charge in [0.1, 0.15) is 5.70 Å². The molecule has 1 N–H and O–H groups in total. The van der Waals surface area contributed by atoms with Gasteiger partial charge in [-0.25, -0.2) is 0 Å². The Morgan fingerprint density at radius 3 is 2.94 bits per heavy atom. The van der Waals surface area contributed by atoms with E-state index in [-0.39, 0.29) is 5.91 Å². The van der Waals surface area contributed by atoms with Gasteiger partial charge < -0.3 is 5.32 Å². The lowest BCUT2D eigenvalue weighted by atomic mass is 10.3. The molecule has 17 heavy (non-hydrogen) atoms. The van der Waals surface area contributed by atoms with Crippen LogP contribution < -0.4 is 5.32 Å². The number of hydrogen-bond acceptors (Lipinski definition) is 3. The highest BCUT2D eigenvalue weighted by atomic mass is 32.1. The highest BCUT2D eigenvalue weighted by molar-refractivity contribution is 7.80. The SMILES string of the molecule is Cn1cc(C=C2NC(=S)N(C3CC3)C2=O)cn1. The van der Waals surface area contributed by atoms with E-state index < -0.39 is 0 Å². The van der Waals surface area contributed by atoms with Gasteiger partial charge in [0.05, 0.1) is 6.20 Å². The van der Waals surface area contributed by atoms with Crippen molar-refractivity contribution in [1.29, 1.82) is 0 Å². The smallest absolute Gasteiger partial charge is 0.276 e. The first kappa shape index (κ1) is 10.5. The van der Waals surface area contributed by atoms with E-state index in [4.69, 9.17) is 12.2 Å². The lowest BCUT2D eigenvalue weighted by Crippen LogP contribution is -2.32. The molecule has 1 saturated heterocycles. The van der Waals surface area contributed by atoms with E-state index in [2.05, 4.69) is 10.4 Å². The summed E-state index contributed by atoms with van der Waals surface area (Å²) in [6, 6.07) is 0.308. The lowest BCUT2D eigenvalue weighted by Gasteiger charge is -2.11. The zero-order valence-corrected chi connectivity index (χ0v) is 10.2. The van der Waals surface area contributed by atoms with Gasteiger partial charge in [-0.3, -0.25) is 14.4 Å². The fourth-order valence-electron chi connectivity index (χ4n) is 1.89. The van der Waals surface area contributed by atoms with Gasteiger partial charge in [-0.15, -0.1) is 0 Å². The van der Waals surface area contributed by atoms with E-state index in [9.17, 15) is 4.79 Å². The molecular weight excluding hydrogens is 236 g/mol. The van der Waals surface area contributed by atoms with Gasteiger partial charge in [0.25, 0.3) is 5.91 Å². The van der Waals surface area contributed by atoms with Crippen molar-refractivity contribution in [2.24, 2.45) is 7.05 Å². The van der Waals surface area contributed by atoms with E-state index in [0.29, 0.717) is 16.9 Å². The Kier molecular flexibility index (Phi) is 2.25. The Hall–Kier alpha value is -1.69. The van der Waals surface area contributed by atoms with Crippen molar-refractivity contribution in [1.82, 2.24) is 20.0 Å². The first-order valence-electron chi connectivity index (χ1n) is 5.50. The third-order valence-electron chi connectivity index (χ3n) is 2.86. The lowest BCUT2D eigenvalue weighted by molar-refractivity contribution is -0.122. The average Bonchev–Trinajstić information content (AvgIpc) is 2.96. The van der Waals surface area contributed by atoms with Crippen molar-refractivity contribution in [3.8, 4) is 0 Å². The third kappa shape index (κ3) is 1.84. The van der Waals surface area contributed by atoms with Crippen LogP contribution in [0.1, 0.15) is 18.4 Å². The van der Waals surface area contributed by atoms with Crippen molar-refractivity contribution >= 4 is 29.3 Å². The fourth-order valence-corrected chi connectivity index (χ4v) is 2.24. The van der Waals surface area contributed by atoms with Crippen molar-refractivity contribution in [3.63, 3.8) is 0 Å². The predicted molar refractivity (Wildman–Crippen MR) is 66.8 cm³/mol.